The number of amides is 1. The summed E-state index contributed by atoms with van der Waals surface area (Å²) in [5.41, 5.74) is 4.00. The Morgan fingerprint density at radius 2 is 2.06 bits per heavy atom. The van der Waals surface area contributed by atoms with Gasteiger partial charge in [-0.05, 0) is 31.4 Å². The van der Waals surface area contributed by atoms with Gasteiger partial charge in [-0.15, -0.1) is 0 Å². The third kappa shape index (κ3) is 2.40. The molecule has 1 amide bonds. The van der Waals surface area contributed by atoms with Crippen molar-refractivity contribution in [3.05, 3.63) is 35.5 Å². The summed E-state index contributed by atoms with van der Waals surface area (Å²) >= 11 is 0. The van der Waals surface area contributed by atoms with Crippen LogP contribution in [0.4, 0.5) is 0 Å². The summed E-state index contributed by atoms with van der Waals surface area (Å²) in [5, 5.41) is 4.18. The largest absolute Gasteiger partial charge is 0.356 e. The zero-order chi connectivity index (χ0) is 13.1. The number of hydrogen-bond acceptors (Lipinski definition) is 1. The summed E-state index contributed by atoms with van der Waals surface area (Å²) in [4.78, 5) is 10.8. The van der Waals surface area contributed by atoms with Crippen molar-refractivity contribution in [3.8, 4) is 0 Å². The Balaban J connectivity index is 2.17. The lowest BCUT2D eigenvalue weighted by Crippen LogP contribution is -2.21. The van der Waals surface area contributed by atoms with E-state index in [1.807, 2.05) is 0 Å². The highest BCUT2D eigenvalue weighted by Gasteiger charge is 2.10. The van der Waals surface area contributed by atoms with Crippen LogP contribution in [0.3, 0.4) is 0 Å². The molecule has 0 saturated heterocycles. The Kier molecular flexibility index (Phi) is 3.70. The van der Waals surface area contributed by atoms with Gasteiger partial charge in [0, 0.05) is 37.1 Å². The van der Waals surface area contributed by atoms with Crippen molar-refractivity contribution >= 4 is 16.8 Å². The molecular formula is C15H20N2O. The Labute approximate surface area is 108 Å². The van der Waals surface area contributed by atoms with E-state index in [4.69, 9.17) is 0 Å². The SMILES string of the molecule is CC(=O)NCCCc1c(C)n(C)c2ccccc12. The molecule has 0 fully saturated rings. The van der Waals surface area contributed by atoms with E-state index in [2.05, 4.69) is 48.1 Å². The van der Waals surface area contributed by atoms with Gasteiger partial charge < -0.3 is 9.88 Å². The molecule has 2 aromatic rings. The second kappa shape index (κ2) is 5.25. The highest BCUT2D eigenvalue weighted by molar-refractivity contribution is 5.85. The summed E-state index contributed by atoms with van der Waals surface area (Å²) < 4.78 is 2.24. The van der Waals surface area contributed by atoms with Crippen molar-refractivity contribution in [1.82, 2.24) is 9.88 Å². The standard InChI is InChI=1S/C15H20N2O/c1-11-13(8-6-10-16-12(2)18)14-7-4-5-9-15(14)17(11)3/h4-5,7,9H,6,8,10H2,1-3H3,(H,16,18). The van der Waals surface area contributed by atoms with Gasteiger partial charge in [0.2, 0.25) is 5.91 Å². The highest BCUT2D eigenvalue weighted by Crippen LogP contribution is 2.25. The zero-order valence-electron chi connectivity index (χ0n) is 11.3. The van der Waals surface area contributed by atoms with Gasteiger partial charge in [0.25, 0.3) is 0 Å². The van der Waals surface area contributed by atoms with E-state index in [9.17, 15) is 4.79 Å². The lowest BCUT2D eigenvalue weighted by Gasteiger charge is -2.03. The van der Waals surface area contributed by atoms with Crippen LogP contribution < -0.4 is 5.32 Å². The highest BCUT2D eigenvalue weighted by atomic mass is 16.1. The summed E-state index contributed by atoms with van der Waals surface area (Å²) in [5.74, 6) is 0.0460. The second-order valence-corrected chi connectivity index (χ2v) is 4.73. The van der Waals surface area contributed by atoms with Crippen molar-refractivity contribution in [2.75, 3.05) is 6.54 Å². The normalized spacial score (nSPS) is 10.8. The predicted molar refractivity (Wildman–Crippen MR) is 74.7 cm³/mol. The summed E-state index contributed by atoms with van der Waals surface area (Å²) in [6.45, 7) is 4.47. The quantitative estimate of drug-likeness (QED) is 0.824. The van der Waals surface area contributed by atoms with Crippen molar-refractivity contribution in [3.63, 3.8) is 0 Å². The fourth-order valence-electron chi connectivity index (χ4n) is 2.44. The van der Waals surface area contributed by atoms with E-state index in [0.717, 1.165) is 19.4 Å². The Morgan fingerprint density at radius 3 is 2.78 bits per heavy atom. The molecule has 1 heterocycles. The van der Waals surface area contributed by atoms with Crippen LogP contribution >= 0.6 is 0 Å². The lowest BCUT2D eigenvalue weighted by atomic mass is 10.1. The maximum atomic E-state index is 10.8. The smallest absolute Gasteiger partial charge is 0.216 e. The van der Waals surface area contributed by atoms with Crippen LogP contribution in [-0.4, -0.2) is 17.0 Å². The van der Waals surface area contributed by atoms with E-state index in [0.29, 0.717) is 0 Å². The summed E-state index contributed by atoms with van der Waals surface area (Å²) in [6, 6.07) is 8.48. The molecule has 0 aliphatic heterocycles. The van der Waals surface area contributed by atoms with E-state index in [1.165, 1.54) is 22.2 Å². The maximum absolute atomic E-state index is 10.8. The molecule has 3 nitrogen and oxygen atoms in total. The van der Waals surface area contributed by atoms with Gasteiger partial charge in [-0.2, -0.15) is 0 Å². The fourth-order valence-corrected chi connectivity index (χ4v) is 2.44. The first kappa shape index (κ1) is 12.7. The minimum atomic E-state index is 0.0460. The molecule has 0 aliphatic carbocycles. The second-order valence-electron chi connectivity index (χ2n) is 4.73. The third-order valence-corrected chi connectivity index (χ3v) is 3.51. The number of aryl methyl sites for hydroxylation is 2. The lowest BCUT2D eigenvalue weighted by molar-refractivity contribution is -0.118. The first-order chi connectivity index (χ1) is 8.61. The van der Waals surface area contributed by atoms with E-state index < -0.39 is 0 Å². The van der Waals surface area contributed by atoms with E-state index in [1.54, 1.807) is 6.92 Å². The van der Waals surface area contributed by atoms with Gasteiger partial charge in [0.1, 0.15) is 0 Å². The Bertz CT molecular complexity index is 569. The number of aromatic nitrogens is 1. The average Bonchev–Trinajstić information content (AvgIpc) is 2.59. The van der Waals surface area contributed by atoms with Crippen molar-refractivity contribution < 1.29 is 4.79 Å². The Hall–Kier alpha value is -1.77. The van der Waals surface area contributed by atoms with Crippen molar-refractivity contribution in [2.45, 2.75) is 26.7 Å². The van der Waals surface area contributed by atoms with Crippen LogP contribution in [0.15, 0.2) is 24.3 Å². The average molecular weight is 244 g/mol. The van der Waals surface area contributed by atoms with Crippen LogP contribution in [0.2, 0.25) is 0 Å². The van der Waals surface area contributed by atoms with E-state index in [-0.39, 0.29) is 5.91 Å². The third-order valence-electron chi connectivity index (χ3n) is 3.51. The predicted octanol–water partition coefficient (Wildman–Crippen LogP) is 2.56. The molecule has 1 aromatic carbocycles. The van der Waals surface area contributed by atoms with Crippen LogP contribution in [-0.2, 0) is 18.3 Å². The molecule has 0 radical (unpaired) electrons. The Morgan fingerprint density at radius 1 is 1.33 bits per heavy atom. The van der Waals surface area contributed by atoms with Gasteiger partial charge in [-0.1, -0.05) is 18.2 Å². The molecule has 0 saturated carbocycles. The molecule has 1 aromatic heterocycles. The number of nitrogens with one attached hydrogen (secondary N) is 1. The zero-order valence-corrected chi connectivity index (χ0v) is 11.3. The van der Waals surface area contributed by atoms with Gasteiger partial charge in [0.15, 0.2) is 0 Å². The first-order valence-electron chi connectivity index (χ1n) is 6.38. The van der Waals surface area contributed by atoms with Crippen LogP contribution in [0.25, 0.3) is 10.9 Å². The molecule has 0 unspecified atom stereocenters. The number of benzene rings is 1. The number of carbonyl (C=O) groups excluding carboxylic acids is 1. The number of para-hydroxylation sites is 1. The topological polar surface area (TPSA) is 34.0 Å². The van der Waals surface area contributed by atoms with Crippen LogP contribution in [0.1, 0.15) is 24.6 Å². The number of fused-ring (bicyclic) bond motifs is 1. The van der Waals surface area contributed by atoms with Crippen LogP contribution in [0, 0.1) is 6.92 Å². The summed E-state index contributed by atoms with van der Waals surface area (Å²) in [6.07, 6.45) is 1.99. The maximum Gasteiger partial charge on any atom is 0.216 e. The monoisotopic (exact) mass is 244 g/mol. The number of carbonyl (C=O) groups is 1. The molecule has 0 atom stereocenters. The van der Waals surface area contributed by atoms with E-state index >= 15 is 0 Å². The van der Waals surface area contributed by atoms with Gasteiger partial charge in [-0.3, -0.25) is 4.79 Å². The molecule has 0 bridgehead atoms. The molecular weight excluding hydrogens is 224 g/mol. The molecule has 0 aliphatic rings. The minimum absolute atomic E-state index is 0.0460. The fraction of sp³-hybridized carbons (Fsp3) is 0.400. The van der Waals surface area contributed by atoms with Gasteiger partial charge in [0.05, 0.1) is 0 Å². The number of rotatable bonds is 4. The molecule has 18 heavy (non-hydrogen) atoms. The molecule has 1 N–H and O–H groups in total. The van der Waals surface area contributed by atoms with Crippen molar-refractivity contribution in [1.29, 1.82) is 0 Å². The first-order valence-corrected chi connectivity index (χ1v) is 6.38. The number of nitrogens with zero attached hydrogens (tertiary/aromatic N) is 1. The minimum Gasteiger partial charge on any atom is -0.356 e. The molecule has 2 rings (SSSR count). The number of hydrogen-bond donors (Lipinski definition) is 1. The van der Waals surface area contributed by atoms with Gasteiger partial charge >= 0.3 is 0 Å². The molecule has 3 heteroatoms. The molecule has 0 spiro atoms. The van der Waals surface area contributed by atoms with Gasteiger partial charge in [-0.25, -0.2) is 0 Å². The van der Waals surface area contributed by atoms with Crippen LogP contribution in [0.5, 0.6) is 0 Å². The molecule has 96 valence electrons. The van der Waals surface area contributed by atoms with Crippen molar-refractivity contribution in [2.24, 2.45) is 7.05 Å². The summed E-state index contributed by atoms with van der Waals surface area (Å²) in [7, 11) is 2.11.